The Kier molecular flexibility index (Phi) is 6.30. The lowest BCUT2D eigenvalue weighted by Crippen LogP contribution is -2.63. The zero-order chi connectivity index (χ0) is 21.2. The SMILES string of the molecule is CCOC(=O)C1(Sc2ccnc(N)c2Cl)NC=C(C)N=C1N1CCC(C)(N)CC1. The summed E-state index contributed by atoms with van der Waals surface area (Å²) in [6.45, 7) is 7.31. The molecule has 0 radical (unpaired) electrons. The van der Waals surface area contributed by atoms with E-state index in [-0.39, 0.29) is 18.0 Å². The van der Waals surface area contributed by atoms with Gasteiger partial charge in [-0.05, 0) is 39.7 Å². The molecule has 2 aliphatic heterocycles. The van der Waals surface area contributed by atoms with Gasteiger partial charge in [-0.2, -0.15) is 0 Å². The zero-order valence-electron chi connectivity index (χ0n) is 16.9. The van der Waals surface area contributed by atoms with Crippen molar-refractivity contribution in [1.82, 2.24) is 15.2 Å². The Labute approximate surface area is 180 Å². The Morgan fingerprint density at radius 2 is 2.14 bits per heavy atom. The second kappa shape index (κ2) is 8.41. The number of carbonyl (C=O) groups is 1. The topological polar surface area (TPSA) is 119 Å². The maximum atomic E-state index is 13.3. The predicted molar refractivity (Wildman–Crippen MR) is 117 cm³/mol. The highest BCUT2D eigenvalue weighted by molar-refractivity contribution is 8.02. The first-order valence-electron chi connectivity index (χ1n) is 9.52. The fraction of sp³-hybridized carbons (Fsp3) is 0.526. The van der Waals surface area contributed by atoms with Gasteiger partial charge in [0.05, 0.1) is 17.3 Å². The summed E-state index contributed by atoms with van der Waals surface area (Å²) in [7, 11) is 0. The number of aliphatic imine (C=N–C) groups is 1. The molecule has 8 nitrogen and oxygen atoms in total. The molecule has 3 heterocycles. The fourth-order valence-corrected chi connectivity index (χ4v) is 4.66. The number of anilines is 1. The van der Waals surface area contributed by atoms with Crippen LogP contribution in [-0.4, -0.2) is 51.8 Å². The van der Waals surface area contributed by atoms with Gasteiger partial charge in [0.1, 0.15) is 5.82 Å². The normalized spacial score (nSPS) is 23.7. The number of amidine groups is 1. The third-order valence-corrected chi connectivity index (χ3v) is 6.84. The molecule has 1 aromatic rings. The number of esters is 1. The number of hydrogen-bond acceptors (Lipinski definition) is 9. The summed E-state index contributed by atoms with van der Waals surface area (Å²) in [6, 6.07) is 1.72. The van der Waals surface area contributed by atoms with Crippen molar-refractivity contribution in [2.24, 2.45) is 10.7 Å². The number of ether oxygens (including phenoxy) is 1. The van der Waals surface area contributed by atoms with Gasteiger partial charge in [-0.15, -0.1) is 0 Å². The summed E-state index contributed by atoms with van der Waals surface area (Å²) >= 11 is 7.60. The number of allylic oxidation sites excluding steroid dienone is 1. The van der Waals surface area contributed by atoms with Crippen molar-refractivity contribution in [3.05, 3.63) is 29.2 Å². The lowest BCUT2D eigenvalue weighted by atomic mass is 9.90. The molecule has 5 N–H and O–H groups in total. The number of nitrogens with one attached hydrogen (secondary N) is 1. The Balaban J connectivity index is 2.04. The Bertz CT molecular complexity index is 849. The van der Waals surface area contributed by atoms with E-state index in [1.54, 1.807) is 25.4 Å². The van der Waals surface area contributed by atoms with E-state index >= 15 is 0 Å². The summed E-state index contributed by atoms with van der Waals surface area (Å²) < 4.78 is 5.45. The van der Waals surface area contributed by atoms with Gasteiger partial charge in [-0.3, -0.25) is 0 Å². The van der Waals surface area contributed by atoms with Crippen LogP contribution < -0.4 is 16.8 Å². The van der Waals surface area contributed by atoms with Gasteiger partial charge in [0.15, 0.2) is 5.84 Å². The van der Waals surface area contributed by atoms with E-state index in [9.17, 15) is 4.79 Å². The fourth-order valence-electron chi connectivity index (χ4n) is 3.26. The molecule has 0 amide bonds. The van der Waals surface area contributed by atoms with Crippen LogP contribution in [0.15, 0.2) is 34.0 Å². The molecule has 0 spiro atoms. The number of nitrogens with zero attached hydrogens (tertiary/aromatic N) is 3. The summed E-state index contributed by atoms with van der Waals surface area (Å²) in [5.41, 5.74) is 12.7. The molecule has 1 unspecified atom stereocenters. The van der Waals surface area contributed by atoms with Crippen LogP contribution in [0.2, 0.25) is 5.02 Å². The first-order chi connectivity index (χ1) is 13.7. The Hall–Kier alpha value is -1.97. The number of nitrogen functional groups attached to an aromatic ring is 1. The third-order valence-electron chi connectivity index (χ3n) is 4.99. The molecule has 1 atom stereocenters. The highest BCUT2D eigenvalue weighted by Gasteiger charge is 2.51. The molecule has 2 aliphatic rings. The highest BCUT2D eigenvalue weighted by atomic mass is 35.5. The number of nitrogens with two attached hydrogens (primary N) is 2. The van der Waals surface area contributed by atoms with Crippen molar-refractivity contribution in [3.63, 3.8) is 0 Å². The van der Waals surface area contributed by atoms with Crippen molar-refractivity contribution in [3.8, 4) is 0 Å². The summed E-state index contributed by atoms with van der Waals surface area (Å²) in [4.78, 5) is 23.4. The summed E-state index contributed by atoms with van der Waals surface area (Å²) in [5, 5.41) is 3.53. The maximum Gasteiger partial charge on any atom is 0.350 e. The number of hydrogen-bond donors (Lipinski definition) is 3. The van der Waals surface area contributed by atoms with E-state index in [0.29, 0.717) is 28.8 Å². The average Bonchev–Trinajstić information content (AvgIpc) is 2.67. The second-order valence-electron chi connectivity index (χ2n) is 7.52. The van der Waals surface area contributed by atoms with Crippen LogP contribution in [-0.2, 0) is 9.53 Å². The van der Waals surface area contributed by atoms with E-state index in [2.05, 4.69) is 15.2 Å². The van der Waals surface area contributed by atoms with E-state index in [1.807, 2.05) is 13.8 Å². The van der Waals surface area contributed by atoms with Crippen molar-refractivity contribution >= 4 is 41.0 Å². The van der Waals surface area contributed by atoms with Crippen LogP contribution in [0.5, 0.6) is 0 Å². The van der Waals surface area contributed by atoms with Crippen molar-refractivity contribution < 1.29 is 9.53 Å². The summed E-state index contributed by atoms with van der Waals surface area (Å²) in [6.07, 6.45) is 4.86. The van der Waals surface area contributed by atoms with Gasteiger partial charge in [-0.1, -0.05) is 23.4 Å². The number of halogens is 1. The minimum absolute atomic E-state index is 0.202. The first kappa shape index (κ1) is 21.7. The quantitative estimate of drug-likeness (QED) is 0.613. The number of carbonyl (C=O) groups excluding carboxylic acids is 1. The van der Waals surface area contributed by atoms with E-state index in [0.717, 1.165) is 18.5 Å². The van der Waals surface area contributed by atoms with Crippen LogP contribution in [0.25, 0.3) is 0 Å². The average molecular weight is 439 g/mol. The second-order valence-corrected chi connectivity index (χ2v) is 9.15. The van der Waals surface area contributed by atoms with E-state index in [1.165, 1.54) is 11.8 Å². The van der Waals surface area contributed by atoms with Gasteiger partial charge >= 0.3 is 5.97 Å². The van der Waals surface area contributed by atoms with Crippen LogP contribution in [0, 0.1) is 0 Å². The van der Waals surface area contributed by atoms with Crippen LogP contribution in [0.1, 0.15) is 33.6 Å². The highest BCUT2D eigenvalue weighted by Crippen LogP contribution is 2.41. The molecular weight excluding hydrogens is 412 g/mol. The number of piperidine rings is 1. The van der Waals surface area contributed by atoms with Gasteiger partial charge in [0, 0.05) is 35.9 Å². The molecule has 29 heavy (non-hydrogen) atoms. The number of likely N-dealkylation sites (tertiary alicyclic amines) is 1. The van der Waals surface area contributed by atoms with Crippen LogP contribution in [0.4, 0.5) is 5.82 Å². The lowest BCUT2D eigenvalue weighted by Gasteiger charge is -2.44. The smallest absolute Gasteiger partial charge is 0.350 e. The number of rotatable bonds is 4. The number of pyridine rings is 1. The number of thioether (sulfide) groups is 1. The standard InChI is InChI=1S/C19H27ClN6O2S/c1-4-28-17(27)19(29-13-5-8-23-15(21)14(13)20)16(25-12(2)11-24-19)26-9-6-18(3,22)7-10-26/h5,8,11,24H,4,6-7,9-10,22H2,1-3H3,(H2,21,23). The molecule has 1 fully saturated rings. The summed E-state index contributed by atoms with van der Waals surface area (Å²) in [5.74, 6) is 0.344. The third kappa shape index (κ3) is 4.46. The molecular formula is C19H27ClN6O2S. The minimum atomic E-state index is -1.30. The molecule has 1 saturated heterocycles. The molecule has 3 rings (SSSR count). The molecule has 0 saturated carbocycles. The van der Waals surface area contributed by atoms with E-state index < -0.39 is 10.8 Å². The molecule has 0 aliphatic carbocycles. The predicted octanol–water partition coefficient (Wildman–Crippen LogP) is 2.34. The monoisotopic (exact) mass is 438 g/mol. The van der Waals surface area contributed by atoms with E-state index in [4.69, 9.17) is 32.8 Å². The molecule has 10 heteroatoms. The Morgan fingerprint density at radius 3 is 2.79 bits per heavy atom. The molecule has 1 aromatic heterocycles. The van der Waals surface area contributed by atoms with Gasteiger partial charge in [-0.25, -0.2) is 14.8 Å². The number of aromatic nitrogens is 1. The van der Waals surface area contributed by atoms with Crippen LogP contribution in [0.3, 0.4) is 0 Å². The van der Waals surface area contributed by atoms with Crippen molar-refractivity contribution in [1.29, 1.82) is 0 Å². The molecule has 0 aromatic carbocycles. The molecule has 158 valence electrons. The van der Waals surface area contributed by atoms with Crippen molar-refractivity contribution in [2.75, 3.05) is 25.4 Å². The lowest BCUT2D eigenvalue weighted by molar-refractivity contribution is -0.144. The van der Waals surface area contributed by atoms with Crippen LogP contribution >= 0.6 is 23.4 Å². The largest absolute Gasteiger partial charge is 0.463 e. The van der Waals surface area contributed by atoms with Crippen molar-refractivity contribution in [2.45, 2.75) is 48.9 Å². The Morgan fingerprint density at radius 1 is 1.45 bits per heavy atom. The van der Waals surface area contributed by atoms with Gasteiger partial charge < -0.3 is 26.4 Å². The maximum absolute atomic E-state index is 13.3. The molecule has 0 bridgehead atoms. The minimum Gasteiger partial charge on any atom is -0.463 e. The van der Waals surface area contributed by atoms with Gasteiger partial charge in [0.25, 0.3) is 0 Å². The zero-order valence-corrected chi connectivity index (χ0v) is 18.4. The first-order valence-corrected chi connectivity index (χ1v) is 10.7. The van der Waals surface area contributed by atoms with Gasteiger partial charge in [0.2, 0.25) is 4.87 Å².